The van der Waals surface area contributed by atoms with E-state index in [1.165, 1.54) is 11.3 Å². The van der Waals surface area contributed by atoms with Crippen molar-refractivity contribution < 1.29 is 9.59 Å². The first-order valence-corrected chi connectivity index (χ1v) is 10.6. The molecule has 1 heterocycles. The van der Waals surface area contributed by atoms with Crippen molar-refractivity contribution in [2.24, 2.45) is 5.73 Å². The number of hydrogen-bond acceptors (Lipinski definition) is 3. The molecule has 0 aliphatic heterocycles. The normalized spacial score (nSPS) is 10.8. The van der Waals surface area contributed by atoms with Crippen molar-refractivity contribution in [3.05, 3.63) is 99.9 Å². The van der Waals surface area contributed by atoms with Crippen molar-refractivity contribution in [2.75, 3.05) is 5.32 Å². The molecule has 0 radical (unpaired) electrons. The molecule has 0 unspecified atom stereocenters. The second-order valence-electron chi connectivity index (χ2n) is 7.24. The molecule has 3 N–H and O–H groups in total. The average molecular weight is 415 g/mol. The summed E-state index contributed by atoms with van der Waals surface area (Å²) in [5.74, 6) is -0.690. The second-order valence-corrected chi connectivity index (χ2v) is 8.35. The van der Waals surface area contributed by atoms with Crippen LogP contribution in [0.3, 0.4) is 0 Å². The van der Waals surface area contributed by atoms with Gasteiger partial charge < -0.3 is 11.1 Å². The third-order valence-electron chi connectivity index (χ3n) is 5.18. The third kappa shape index (κ3) is 4.11. The van der Waals surface area contributed by atoms with Crippen molar-refractivity contribution in [2.45, 2.75) is 19.8 Å². The molecule has 0 saturated heterocycles. The summed E-state index contributed by atoms with van der Waals surface area (Å²) in [6.45, 7) is 1.88. The van der Waals surface area contributed by atoms with Crippen molar-refractivity contribution >= 4 is 38.9 Å². The maximum absolute atomic E-state index is 12.8. The summed E-state index contributed by atoms with van der Waals surface area (Å²) in [5.41, 5.74) is 8.96. The van der Waals surface area contributed by atoms with Gasteiger partial charge in [0, 0.05) is 11.3 Å². The van der Waals surface area contributed by atoms with Crippen LogP contribution in [-0.4, -0.2) is 11.8 Å². The molecule has 1 aromatic heterocycles. The van der Waals surface area contributed by atoms with Crippen LogP contribution in [0, 0.1) is 6.92 Å². The number of primary amides is 1. The molecule has 3 aromatic carbocycles. The van der Waals surface area contributed by atoms with Gasteiger partial charge in [0.05, 0.1) is 12.0 Å². The van der Waals surface area contributed by atoms with Gasteiger partial charge in [-0.3, -0.25) is 9.59 Å². The summed E-state index contributed by atoms with van der Waals surface area (Å²) >= 11 is 1.42. The molecule has 30 heavy (non-hydrogen) atoms. The van der Waals surface area contributed by atoms with E-state index >= 15 is 0 Å². The van der Waals surface area contributed by atoms with Crippen molar-refractivity contribution in [3.63, 3.8) is 0 Å². The van der Waals surface area contributed by atoms with Gasteiger partial charge in [0.1, 0.15) is 5.00 Å². The number of rotatable bonds is 6. The zero-order valence-electron chi connectivity index (χ0n) is 16.6. The summed E-state index contributed by atoms with van der Waals surface area (Å²) in [5, 5.41) is 5.60. The van der Waals surface area contributed by atoms with E-state index in [-0.39, 0.29) is 12.3 Å². The topological polar surface area (TPSA) is 72.2 Å². The van der Waals surface area contributed by atoms with Crippen molar-refractivity contribution in [1.29, 1.82) is 0 Å². The van der Waals surface area contributed by atoms with Gasteiger partial charge >= 0.3 is 0 Å². The first-order valence-electron chi connectivity index (χ1n) is 9.75. The Balaban J connectivity index is 1.59. The maximum atomic E-state index is 12.8. The van der Waals surface area contributed by atoms with Crippen LogP contribution in [0.5, 0.6) is 0 Å². The number of amides is 2. The average Bonchev–Trinajstić information content (AvgIpc) is 3.03. The molecule has 0 aliphatic carbocycles. The van der Waals surface area contributed by atoms with Gasteiger partial charge in [0.2, 0.25) is 5.91 Å². The molecule has 0 saturated carbocycles. The van der Waals surface area contributed by atoms with E-state index in [2.05, 4.69) is 5.32 Å². The minimum Gasteiger partial charge on any atom is -0.365 e. The molecule has 5 heteroatoms. The predicted octanol–water partition coefficient (Wildman–Crippen LogP) is 5.08. The van der Waals surface area contributed by atoms with E-state index in [1.54, 1.807) is 0 Å². The number of fused-ring (bicyclic) bond motifs is 1. The van der Waals surface area contributed by atoms with E-state index in [1.807, 2.05) is 79.7 Å². The Hall–Kier alpha value is -3.44. The van der Waals surface area contributed by atoms with Gasteiger partial charge in [-0.2, -0.15) is 0 Å². The van der Waals surface area contributed by atoms with Crippen LogP contribution in [-0.2, 0) is 17.6 Å². The maximum Gasteiger partial charge on any atom is 0.251 e. The lowest BCUT2D eigenvalue weighted by Crippen LogP contribution is -2.18. The predicted molar refractivity (Wildman–Crippen MR) is 123 cm³/mol. The highest BCUT2D eigenvalue weighted by atomic mass is 32.1. The van der Waals surface area contributed by atoms with Crippen molar-refractivity contribution in [1.82, 2.24) is 0 Å². The zero-order valence-corrected chi connectivity index (χ0v) is 17.5. The summed E-state index contributed by atoms with van der Waals surface area (Å²) in [6.07, 6.45) is 0.918. The molecule has 4 nitrogen and oxygen atoms in total. The number of thiophene rings is 1. The van der Waals surface area contributed by atoms with Crippen LogP contribution < -0.4 is 11.1 Å². The highest BCUT2D eigenvalue weighted by Crippen LogP contribution is 2.34. The van der Waals surface area contributed by atoms with Crippen LogP contribution >= 0.6 is 11.3 Å². The number of benzene rings is 3. The van der Waals surface area contributed by atoms with Crippen LogP contribution in [0.15, 0.2) is 72.8 Å². The largest absolute Gasteiger partial charge is 0.365 e. The molecule has 4 rings (SSSR count). The molecule has 0 fully saturated rings. The van der Waals surface area contributed by atoms with E-state index in [9.17, 15) is 9.59 Å². The minimum absolute atomic E-state index is 0.165. The van der Waals surface area contributed by atoms with Gasteiger partial charge in [-0.05, 0) is 34.4 Å². The number of nitrogens with two attached hydrogens (primary N) is 1. The number of nitrogens with one attached hydrogen (secondary N) is 1. The lowest BCUT2D eigenvalue weighted by Gasteiger charge is -2.08. The van der Waals surface area contributed by atoms with Crippen molar-refractivity contribution in [3.8, 4) is 0 Å². The molecule has 0 aliphatic rings. The molecule has 2 amide bonds. The summed E-state index contributed by atoms with van der Waals surface area (Å²) in [7, 11) is 0. The fourth-order valence-electron chi connectivity index (χ4n) is 3.69. The van der Waals surface area contributed by atoms with Gasteiger partial charge in [0.25, 0.3) is 5.91 Å². The fourth-order valence-corrected chi connectivity index (χ4v) is 4.95. The number of anilines is 1. The monoisotopic (exact) mass is 414 g/mol. The van der Waals surface area contributed by atoms with E-state index < -0.39 is 5.91 Å². The third-order valence-corrected chi connectivity index (χ3v) is 6.39. The Morgan fingerprint density at radius 3 is 2.40 bits per heavy atom. The number of hydrogen-bond donors (Lipinski definition) is 2. The quantitative estimate of drug-likeness (QED) is 0.462. The molecule has 150 valence electrons. The molecular weight excluding hydrogens is 392 g/mol. The lowest BCUT2D eigenvalue weighted by atomic mass is 10.0. The van der Waals surface area contributed by atoms with Crippen LogP contribution in [0.4, 0.5) is 5.00 Å². The van der Waals surface area contributed by atoms with Gasteiger partial charge in [-0.1, -0.05) is 72.8 Å². The SMILES string of the molecule is Cc1c(Cc2ccccc2)sc(NC(=O)Cc2cccc3ccccc23)c1C(N)=O. The Kier molecular flexibility index (Phi) is 5.63. The lowest BCUT2D eigenvalue weighted by molar-refractivity contribution is -0.115. The minimum atomic E-state index is -0.525. The first kappa shape index (κ1) is 19.9. The standard InChI is InChI=1S/C25H22N2O2S/c1-16-21(14-17-8-3-2-4-9-17)30-25(23(16)24(26)29)27-22(28)15-19-12-7-11-18-10-5-6-13-20(18)19/h2-13H,14-15H2,1H3,(H2,26,29)(H,27,28). The van der Waals surface area contributed by atoms with Gasteiger partial charge in [0.15, 0.2) is 0 Å². The zero-order chi connectivity index (χ0) is 21.1. The fraction of sp³-hybridized carbons (Fsp3) is 0.120. The van der Waals surface area contributed by atoms with Crippen LogP contribution in [0.1, 0.15) is 31.9 Å². The molecule has 0 atom stereocenters. The Morgan fingerprint density at radius 2 is 1.63 bits per heavy atom. The number of carbonyl (C=O) groups is 2. The molecule has 0 spiro atoms. The Morgan fingerprint density at radius 1 is 0.933 bits per heavy atom. The summed E-state index contributed by atoms with van der Waals surface area (Å²) < 4.78 is 0. The summed E-state index contributed by atoms with van der Waals surface area (Å²) in [4.78, 5) is 25.9. The van der Waals surface area contributed by atoms with Crippen LogP contribution in [0.25, 0.3) is 10.8 Å². The Labute approximate surface area is 179 Å². The van der Waals surface area contributed by atoms with E-state index in [4.69, 9.17) is 5.73 Å². The second kappa shape index (κ2) is 8.51. The van der Waals surface area contributed by atoms with Gasteiger partial charge in [-0.25, -0.2) is 0 Å². The molecule has 4 aromatic rings. The first-order chi connectivity index (χ1) is 14.5. The number of carbonyl (C=O) groups excluding carboxylic acids is 2. The van der Waals surface area contributed by atoms with E-state index in [0.717, 1.165) is 32.3 Å². The Bertz CT molecular complexity index is 1220. The molecule has 0 bridgehead atoms. The highest BCUT2D eigenvalue weighted by Gasteiger charge is 2.21. The highest BCUT2D eigenvalue weighted by molar-refractivity contribution is 7.17. The van der Waals surface area contributed by atoms with Gasteiger partial charge in [-0.15, -0.1) is 11.3 Å². The van der Waals surface area contributed by atoms with E-state index in [0.29, 0.717) is 17.0 Å². The summed E-state index contributed by atoms with van der Waals surface area (Å²) in [6, 6.07) is 24.0. The smallest absolute Gasteiger partial charge is 0.251 e. The van der Waals surface area contributed by atoms with Crippen LogP contribution in [0.2, 0.25) is 0 Å². The molecular formula is C25H22N2O2S.